The molecule has 0 spiro atoms. The zero-order chi connectivity index (χ0) is 15.9. The van der Waals surface area contributed by atoms with Gasteiger partial charge in [0.2, 0.25) is 5.91 Å². The fraction of sp³-hybridized carbons (Fsp3) is 0.222. The monoisotopic (exact) mass is 296 g/mol. The first kappa shape index (κ1) is 15.8. The minimum Gasteiger partial charge on any atom is -0.348 e. The number of rotatable bonds is 5. The van der Waals surface area contributed by atoms with Crippen LogP contribution in [0.1, 0.15) is 34.5 Å². The molecular formula is C18H20N2O2. The van der Waals surface area contributed by atoms with Crippen molar-refractivity contribution < 1.29 is 9.59 Å². The highest BCUT2D eigenvalue weighted by atomic mass is 16.2. The standard InChI is InChI=1S/C18H20N2O2/c1-13-7-6-10-16(11-13)18(22)19-12-17(21)20-14(2)15-8-4-3-5-9-15/h3-11,14H,12H2,1-2H3,(H,19,22)(H,20,21)/t14-/m1/s1. The Kier molecular flexibility index (Phi) is 5.31. The molecule has 1 atom stereocenters. The lowest BCUT2D eigenvalue weighted by atomic mass is 10.1. The van der Waals surface area contributed by atoms with Gasteiger partial charge in [-0.05, 0) is 31.5 Å². The maximum absolute atomic E-state index is 12.0. The molecule has 2 aromatic rings. The highest BCUT2D eigenvalue weighted by molar-refractivity contribution is 5.96. The Hall–Kier alpha value is -2.62. The van der Waals surface area contributed by atoms with E-state index in [1.165, 1.54) is 0 Å². The van der Waals surface area contributed by atoms with E-state index in [9.17, 15) is 9.59 Å². The van der Waals surface area contributed by atoms with E-state index in [2.05, 4.69) is 10.6 Å². The number of carbonyl (C=O) groups is 2. The topological polar surface area (TPSA) is 58.2 Å². The van der Waals surface area contributed by atoms with Gasteiger partial charge >= 0.3 is 0 Å². The molecule has 0 bridgehead atoms. The van der Waals surface area contributed by atoms with Crippen LogP contribution in [-0.2, 0) is 4.79 Å². The van der Waals surface area contributed by atoms with Gasteiger partial charge in [-0.3, -0.25) is 9.59 Å². The van der Waals surface area contributed by atoms with Crippen molar-refractivity contribution >= 4 is 11.8 Å². The van der Waals surface area contributed by atoms with E-state index in [-0.39, 0.29) is 24.4 Å². The van der Waals surface area contributed by atoms with Crippen molar-refractivity contribution in [1.29, 1.82) is 0 Å². The maximum Gasteiger partial charge on any atom is 0.251 e. The smallest absolute Gasteiger partial charge is 0.251 e. The van der Waals surface area contributed by atoms with Gasteiger partial charge in [0.25, 0.3) is 5.91 Å². The van der Waals surface area contributed by atoms with Gasteiger partial charge in [-0.1, -0.05) is 48.0 Å². The zero-order valence-electron chi connectivity index (χ0n) is 12.8. The molecule has 2 aromatic carbocycles. The van der Waals surface area contributed by atoms with Crippen molar-refractivity contribution in [3.63, 3.8) is 0 Å². The van der Waals surface area contributed by atoms with Gasteiger partial charge in [0.1, 0.15) is 0 Å². The highest BCUT2D eigenvalue weighted by Gasteiger charge is 2.11. The van der Waals surface area contributed by atoms with Crippen LogP contribution in [0.4, 0.5) is 0 Å². The molecular weight excluding hydrogens is 276 g/mol. The molecule has 0 aliphatic rings. The molecule has 2 amide bonds. The molecule has 2 N–H and O–H groups in total. The second-order valence-electron chi connectivity index (χ2n) is 5.25. The van der Waals surface area contributed by atoms with Gasteiger partial charge in [0.05, 0.1) is 12.6 Å². The molecule has 0 unspecified atom stereocenters. The number of hydrogen-bond donors (Lipinski definition) is 2. The van der Waals surface area contributed by atoms with Gasteiger partial charge in [-0.2, -0.15) is 0 Å². The largest absolute Gasteiger partial charge is 0.348 e. The molecule has 0 aliphatic carbocycles. The Balaban J connectivity index is 1.84. The Morgan fingerprint density at radius 1 is 1.05 bits per heavy atom. The van der Waals surface area contributed by atoms with Crippen LogP contribution in [0.15, 0.2) is 54.6 Å². The van der Waals surface area contributed by atoms with E-state index in [1.54, 1.807) is 12.1 Å². The van der Waals surface area contributed by atoms with Crippen LogP contribution in [0, 0.1) is 6.92 Å². The molecule has 22 heavy (non-hydrogen) atoms. The van der Waals surface area contributed by atoms with Crippen LogP contribution in [-0.4, -0.2) is 18.4 Å². The summed E-state index contributed by atoms with van der Waals surface area (Å²) in [5.41, 5.74) is 2.60. The van der Waals surface area contributed by atoms with Crippen LogP contribution in [0.2, 0.25) is 0 Å². The molecule has 4 nitrogen and oxygen atoms in total. The minimum atomic E-state index is -0.244. The summed E-state index contributed by atoms with van der Waals surface area (Å²) in [4.78, 5) is 23.9. The lowest BCUT2D eigenvalue weighted by Crippen LogP contribution is -2.38. The molecule has 0 aliphatic heterocycles. The third-order valence-electron chi connectivity index (χ3n) is 3.37. The van der Waals surface area contributed by atoms with Crippen LogP contribution in [0.5, 0.6) is 0 Å². The van der Waals surface area contributed by atoms with Crippen LogP contribution < -0.4 is 10.6 Å². The molecule has 4 heteroatoms. The van der Waals surface area contributed by atoms with Crippen molar-refractivity contribution in [3.8, 4) is 0 Å². The molecule has 0 saturated carbocycles. The van der Waals surface area contributed by atoms with Crippen LogP contribution in [0.25, 0.3) is 0 Å². The van der Waals surface area contributed by atoms with Gasteiger partial charge in [0, 0.05) is 5.56 Å². The first-order chi connectivity index (χ1) is 10.6. The van der Waals surface area contributed by atoms with E-state index >= 15 is 0 Å². The molecule has 0 heterocycles. The van der Waals surface area contributed by atoms with E-state index in [0.29, 0.717) is 5.56 Å². The fourth-order valence-electron chi connectivity index (χ4n) is 2.17. The second-order valence-corrected chi connectivity index (χ2v) is 5.25. The van der Waals surface area contributed by atoms with E-state index in [1.807, 2.05) is 56.3 Å². The Labute approximate surface area is 130 Å². The summed E-state index contributed by atoms with van der Waals surface area (Å²) in [6, 6.07) is 16.9. The van der Waals surface area contributed by atoms with Crippen molar-refractivity contribution in [3.05, 3.63) is 71.3 Å². The molecule has 2 rings (SSSR count). The Morgan fingerprint density at radius 3 is 2.45 bits per heavy atom. The summed E-state index contributed by atoms with van der Waals surface area (Å²) in [7, 11) is 0. The molecule has 0 fully saturated rings. The summed E-state index contributed by atoms with van der Waals surface area (Å²) < 4.78 is 0. The fourth-order valence-corrected chi connectivity index (χ4v) is 2.17. The lowest BCUT2D eigenvalue weighted by Gasteiger charge is -2.14. The third-order valence-corrected chi connectivity index (χ3v) is 3.37. The number of benzene rings is 2. The summed E-state index contributed by atoms with van der Waals surface area (Å²) in [6.07, 6.45) is 0. The van der Waals surface area contributed by atoms with Gasteiger partial charge in [-0.25, -0.2) is 0 Å². The summed E-state index contributed by atoms with van der Waals surface area (Å²) >= 11 is 0. The number of nitrogens with one attached hydrogen (secondary N) is 2. The number of amides is 2. The molecule has 0 aromatic heterocycles. The first-order valence-electron chi connectivity index (χ1n) is 7.25. The summed E-state index contributed by atoms with van der Waals surface area (Å²) in [6.45, 7) is 3.80. The van der Waals surface area contributed by atoms with Crippen molar-refractivity contribution in [1.82, 2.24) is 10.6 Å². The Bertz CT molecular complexity index is 653. The second kappa shape index (κ2) is 7.41. The Morgan fingerprint density at radius 2 is 1.77 bits per heavy atom. The predicted molar refractivity (Wildman–Crippen MR) is 86.5 cm³/mol. The number of hydrogen-bond acceptors (Lipinski definition) is 2. The quantitative estimate of drug-likeness (QED) is 0.891. The molecule has 0 saturated heterocycles. The van der Waals surface area contributed by atoms with Gasteiger partial charge < -0.3 is 10.6 Å². The highest BCUT2D eigenvalue weighted by Crippen LogP contribution is 2.10. The SMILES string of the molecule is Cc1cccc(C(=O)NCC(=O)N[C@H](C)c2ccccc2)c1. The average molecular weight is 296 g/mol. The maximum atomic E-state index is 12.0. The van der Waals surface area contributed by atoms with E-state index in [0.717, 1.165) is 11.1 Å². The van der Waals surface area contributed by atoms with Crippen molar-refractivity contribution in [2.75, 3.05) is 6.54 Å². The van der Waals surface area contributed by atoms with Gasteiger partial charge in [0.15, 0.2) is 0 Å². The van der Waals surface area contributed by atoms with Crippen LogP contribution >= 0.6 is 0 Å². The summed E-state index contributed by atoms with van der Waals surface area (Å²) in [5, 5.41) is 5.49. The zero-order valence-corrected chi connectivity index (χ0v) is 12.8. The van der Waals surface area contributed by atoms with Crippen LogP contribution in [0.3, 0.4) is 0 Å². The van der Waals surface area contributed by atoms with E-state index in [4.69, 9.17) is 0 Å². The normalized spacial score (nSPS) is 11.5. The minimum absolute atomic E-state index is 0.0377. The van der Waals surface area contributed by atoms with Crippen molar-refractivity contribution in [2.45, 2.75) is 19.9 Å². The molecule has 114 valence electrons. The van der Waals surface area contributed by atoms with E-state index < -0.39 is 0 Å². The van der Waals surface area contributed by atoms with Crippen molar-refractivity contribution in [2.24, 2.45) is 0 Å². The third kappa shape index (κ3) is 4.45. The molecule has 0 radical (unpaired) electrons. The predicted octanol–water partition coefficient (Wildman–Crippen LogP) is 2.60. The average Bonchev–Trinajstić information content (AvgIpc) is 2.53. The summed E-state index contributed by atoms with van der Waals surface area (Å²) in [5.74, 6) is -0.455. The van der Waals surface area contributed by atoms with Gasteiger partial charge in [-0.15, -0.1) is 0 Å². The number of aryl methyl sites for hydroxylation is 1. The lowest BCUT2D eigenvalue weighted by molar-refractivity contribution is -0.120. The number of carbonyl (C=O) groups excluding carboxylic acids is 2. The first-order valence-corrected chi connectivity index (χ1v) is 7.25.